The number of allylic oxidation sites excluding steroid dienone is 2. The molecule has 1 heterocycles. The van der Waals surface area contributed by atoms with Crippen molar-refractivity contribution in [1.29, 1.82) is 0 Å². The Morgan fingerprint density at radius 1 is 1.04 bits per heavy atom. The molecule has 3 rings (SSSR count). The normalized spacial score (nSPS) is 34.0. The molecule has 3 fully saturated rings. The van der Waals surface area contributed by atoms with Crippen molar-refractivity contribution < 1.29 is 14.7 Å². The van der Waals surface area contributed by atoms with Gasteiger partial charge in [-0.15, -0.1) is 0 Å². The standard InChI is InChI=1S/C18H28N2O3/c1-4-19-7-9-20(10-8-19)17(21)15-12-5-6-13(14(12)11(2)3)16(15)18(22)23/h12-13,15-16H,4-10H2,1-3H3,(H,22,23)/t12-,13+,15-,16+/m1/s1. The van der Waals surface area contributed by atoms with Crippen LogP contribution in [0.3, 0.4) is 0 Å². The van der Waals surface area contributed by atoms with Crippen LogP contribution in [-0.2, 0) is 9.59 Å². The summed E-state index contributed by atoms with van der Waals surface area (Å²) in [6, 6.07) is 0. The summed E-state index contributed by atoms with van der Waals surface area (Å²) >= 11 is 0. The molecule has 0 aromatic heterocycles. The van der Waals surface area contributed by atoms with Gasteiger partial charge in [0.25, 0.3) is 0 Å². The summed E-state index contributed by atoms with van der Waals surface area (Å²) < 4.78 is 0. The molecule has 2 saturated carbocycles. The van der Waals surface area contributed by atoms with Crippen LogP contribution in [0.1, 0.15) is 33.6 Å². The Bertz CT molecular complexity index is 530. The molecule has 5 heteroatoms. The molecule has 128 valence electrons. The van der Waals surface area contributed by atoms with Crippen LogP contribution in [0.25, 0.3) is 0 Å². The zero-order valence-electron chi connectivity index (χ0n) is 14.4. The topological polar surface area (TPSA) is 60.9 Å². The predicted molar refractivity (Wildman–Crippen MR) is 87.9 cm³/mol. The summed E-state index contributed by atoms with van der Waals surface area (Å²) in [6.07, 6.45) is 1.90. The molecule has 0 radical (unpaired) electrons. The van der Waals surface area contributed by atoms with Gasteiger partial charge in [-0.1, -0.05) is 18.1 Å². The Labute approximate surface area is 138 Å². The highest BCUT2D eigenvalue weighted by molar-refractivity contribution is 5.87. The van der Waals surface area contributed by atoms with E-state index in [0.29, 0.717) is 0 Å². The van der Waals surface area contributed by atoms with Crippen LogP contribution in [-0.4, -0.2) is 59.5 Å². The minimum absolute atomic E-state index is 0.0772. The molecule has 1 N–H and O–H groups in total. The van der Waals surface area contributed by atoms with Crippen molar-refractivity contribution in [2.45, 2.75) is 33.6 Å². The van der Waals surface area contributed by atoms with Crippen molar-refractivity contribution >= 4 is 11.9 Å². The van der Waals surface area contributed by atoms with E-state index in [4.69, 9.17) is 0 Å². The number of aliphatic carboxylic acids is 1. The minimum Gasteiger partial charge on any atom is -0.481 e. The third kappa shape index (κ3) is 2.69. The van der Waals surface area contributed by atoms with Crippen LogP contribution < -0.4 is 0 Å². The Kier molecular flexibility index (Phi) is 4.50. The molecule has 23 heavy (non-hydrogen) atoms. The van der Waals surface area contributed by atoms with Gasteiger partial charge in [0.2, 0.25) is 5.91 Å². The molecule has 1 saturated heterocycles. The number of carbonyl (C=O) groups excluding carboxylic acids is 1. The highest BCUT2D eigenvalue weighted by atomic mass is 16.4. The van der Waals surface area contributed by atoms with E-state index in [2.05, 4.69) is 25.7 Å². The average Bonchev–Trinajstić information content (AvgIpc) is 3.10. The van der Waals surface area contributed by atoms with Crippen LogP contribution in [0, 0.1) is 23.7 Å². The minimum atomic E-state index is -0.790. The van der Waals surface area contributed by atoms with Gasteiger partial charge in [-0.05, 0) is 45.1 Å². The van der Waals surface area contributed by atoms with Gasteiger partial charge in [-0.2, -0.15) is 0 Å². The molecular weight excluding hydrogens is 292 g/mol. The maximum Gasteiger partial charge on any atom is 0.307 e. The predicted octanol–water partition coefficient (Wildman–Crippen LogP) is 1.84. The number of likely N-dealkylation sites (N-methyl/N-ethyl adjacent to an activating group) is 1. The van der Waals surface area contributed by atoms with Crippen LogP contribution >= 0.6 is 0 Å². The van der Waals surface area contributed by atoms with Crippen molar-refractivity contribution in [3.05, 3.63) is 11.1 Å². The number of nitrogens with zero attached hydrogens (tertiary/aromatic N) is 2. The molecule has 0 aromatic rings. The number of hydrogen-bond donors (Lipinski definition) is 1. The Hall–Kier alpha value is -1.36. The second kappa shape index (κ2) is 6.27. The van der Waals surface area contributed by atoms with Gasteiger partial charge in [-0.3, -0.25) is 9.59 Å². The van der Waals surface area contributed by atoms with Crippen LogP contribution in [0.4, 0.5) is 0 Å². The molecule has 1 amide bonds. The molecule has 5 nitrogen and oxygen atoms in total. The lowest BCUT2D eigenvalue weighted by Gasteiger charge is -2.37. The van der Waals surface area contributed by atoms with Crippen LogP contribution in [0.2, 0.25) is 0 Å². The lowest BCUT2D eigenvalue weighted by atomic mass is 9.78. The van der Waals surface area contributed by atoms with Gasteiger partial charge in [0.1, 0.15) is 0 Å². The zero-order valence-corrected chi connectivity index (χ0v) is 14.4. The zero-order chi connectivity index (χ0) is 16.7. The van der Waals surface area contributed by atoms with Crippen molar-refractivity contribution in [2.24, 2.45) is 23.7 Å². The lowest BCUT2D eigenvalue weighted by Crippen LogP contribution is -2.52. The summed E-state index contributed by atoms with van der Waals surface area (Å²) in [4.78, 5) is 29.2. The van der Waals surface area contributed by atoms with E-state index in [9.17, 15) is 14.7 Å². The molecule has 0 spiro atoms. The number of carboxylic acids is 1. The highest BCUT2D eigenvalue weighted by Crippen LogP contribution is 2.57. The molecule has 2 bridgehead atoms. The smallest absolute Gasteiger partial charge is 0.307 e. The number of amides is 1. The van der Waals surface area contributed by atoms with Crippen molar-refractivity contribution in [1.82, 2.24) is 9.80 Å². The fourth-order valence-electron chi connectivity index (χ4n) is 5.08. The number of carboxylic acid groups (broad SMARTS) is 1. The largest absolute Gasteiger partial charge is 0.481 e. The third-order valence-electron chi connectivity index (χ3n) is 6.12. The number of rotatable bonds is 3. The van der Waals surface area contributed by atoms with Gasteiger partial charge in [0.05, 0.1) is 11.8 Å². The summed E-state index contributed by atoms with van der Waals surface area (Å²) in [5, 5.41) is 9.73. The molecular formula is C18H28N2O3. The summed E-state index contributed by atoms with van der Waals surface area (Å²) in [6.45, 7) is 10.5. The van der Waals surface area contributed by atoms with E-state index < -0.39 is 11.9 Å². The van der Waals surface area contributed by atoms with Crippen LogP contribution in [0.15, 0.2) is 11.1 Å². The van der Waals surface area contributed by atoms with E-state index >= 15 is 0 Å². The molecule has 0 aromatic carbocycles. The SMILES string of the molecule is CCN1CCN(C(=O)[C@H]2[C@@H](C(=O)O)[C@H]3CC[C@@H]2C3=C(C)C)CC1. The number of hydrogen-bond acceptors (Lipinski definition) is 3. The first-order chi connectivity index (χ1) is 11.0. The van der Waals surface area contributed by atoms with E-state index in [-0.39, 0.29) is 23.7 Å². The Morgan fingerprint density at radius 3 is 2.09 bits per heavy atom. The summed E-state index contributed by atoms with van der Waals surface area (Å²) in [5.41, 5.74) is 2.48. The molecule has 3 aliphatic rings. The number of fused-ring (bicyclic) bond motifs is 2. The lowest BCUT2D eigenvalue weighted by molar-refractivity contribution is -0.153. The average molecular weight is 320 g/mol. The van der Waals surface area contributed by atoms with Crippen molar-refractivity contribution in [3.8, 4) is 0 Å². The fraction of sp³-hybridized carbons (Fsp3) is 0.778. The van der Waals surface area contributed by atoms with Gasteiger partial charge >= 0.3 is 5.97 Å². The second-order valence-corrected chi connectivity index (χ2v) is 7.40. The molecule has 0 unspecified atom stereocenters. The first-order valence-electron chi connectivity index (χ1n) is 8.86. The second-order valence-electron chi connectivity index (χ2n) is 7.40. The van der Waals surface area contributed by atoms with Gasteiger partial charge in [0, 0.05) is 26.2 Å². The van der Waals surface area contributed by atoms with Crippen LogP contribution in [0.5, 0.6) is 0 Å². The maximum absolute atomic E-state index is 13.1. The highest BCUT2D eigenvalue weighted by Gasteiger charge is 2.57. The van der Waals surface area contributed by atoms with Gasteiger partial charge in [0.15, 0.2) is 0 Å². The molecule has 2 aliphatic carbocycles. The van der Waals surface area contributed by atoms with E-state index in [1.54, 1.807) is 0 Å². The number of piperazine rings is 1. The van der Waals surface area contributed by atoms with E-state index in [1.807, 2.05) is 4.90 Å². The van der Waals surface area contributed by atoms with Gasteiger partial charge in [-0.25, -0.2) is 0 Å². The fourth-order valence-corrected chi connectivity index (χ4v) is 5.08. The third-order valence-corrected chi connectivity index (χ3v) is 6.12. The number of carbonyl (C=O) groups is 2. The first-order valence-corrected chi connectivity index (χ1v) is 8.86. The van der Waals surface area contributed by atoms with E-state index in [1.165, 1.54) is 11.1 Å². The Morgan fingerprint density at radius 2 is 1.61 bits per heavy atom. The van der Waals surface area contributed by atoms with Crippen molar-refractivity contribution in [2.75, 3.05) is 32.7 Å². The van der Waals surface area contributed by atoms with Gasteiger partial charge < -0.3 is 14.9 Å². The summed E-state index contributed by atoms with van der Waals surface area (Å²) in [5.74, 6) is -1.34. The maximum atomic E-state index is 13.1. The molecule has 1 aliphatic heterocycles. The van der Waals surface area contributed by atoms with E-state index in [0.717, 1.165) is 45.6 Å². The van der Waals surface area contributed by atoms with Crippen molar-refractivity contribution in [3.63, 3.8) is 0 Å². The first kappa shape index (κ1) is 16.5. The molecule has 4 atom stereocenters. The Balaban J connectivity index is 1.82. The monoisotopic (exact) mass is 320 g/mol. The quantitative estimate of drug-likeness (QED) is 0.806. The summed E-state index contributed by atoms with van der Waals surface area (Å²) in [7, 11) is 0.